The van der Waals surface area contributed by atoms with Gasteiger partial charge in [-0.15, -0.1) is 0 Å². The van der Waals surface area contributed by atoms with Gasteiger partial charge >= 0.3 is 0 Å². The van der Waals surface area contributed by atoms with Gasteiger partial charge in [0.05, 0.1) is 12.8 Å². The Kier molecular flexibility index (Phi) is 4.09. The average molecular weight is 246 g/mol. The van der Waals surface area contributed by atoms with Crippen molar-refractivity contribution < 1.29 is 9.47 Å². The van der Waals surface area contributed by atoms with Crippen molar-refractivity contribution in [1.29, 1.82) is 0 Å². The van der Waals surface area contributed by atoms with E-state index in [1.165, 1.54) is 17.8 Å². The molecule has 0 aliphatic heterocycles. The average Bonchev–Trinajstić information content (AvgIpc) is 2.38. The van der Waals surface area contributed by atoms with Gasteiger partial charge < -0.3 is 9.47 Å². The van der Waals surface area contributed by atoms with Crippen LogP contribution in [-0.2, 0) is 11.2 Å². The van der Waals surface area contributed by atoms with Crippen molar-refractivity contribution in [2.75, 3.05) is 13.7 Å². The maximum absolute atomic E-state index is 11.0. The Morgan fingerprint density at radius 2 is 2.00 bits per heavy atom. The molecule has 1 heterocycles. The van der Waals surface area contributed by atoms with E-state index in [1.807, 2.05) is 24.3 Å². The van der Waals surface area contributed by atoms with Gasteiger partial charge in [-0.05, 0) is 24.1 Å². The summed E-state index contributed by atoms with van der Waals surface area (Å²) in [5.74, 6) is 1.09. The molecule has 18 heavy (non-hydrogen) atoms. The van der Waals surface area contributed by atoms with E-state index in [2.05, 4.69) is 10.2 Å². The van der Waals surface area contributed by atoms with Gasteiger partial charge in [-0.1, -0.05) is 12.1 Å². The van der Waals surface area contributed by atoms with Gasteiger partial charge in [0.2, 0.25) is 0 Å². The second-order valence-electron chi connectivity index (χ2n) is 3.77. The molecule has 0 amide bonds. The number of ether oxygens (including phenoxy) is 2. The van der Waals surface area contributed by atoms with Crippen molar-refractivity contribution in [3.8, 4) is 11.5 Å². The van der Waals surface area contributed by atoms with E-state index in [1.54, 1.807) is 7.11 Å². The number of nitrogens with one attached hydrogen (secondary N) is 1. The molecular formula is C13H14N2O3. The van der Waals surface area contributed by atoms with Crippen molar-refractivity contribution >= 4 is 0 Å². The monoisotopic (exact) mass is 246 g/mol. The van der Waals surface area contributed by atoms with Crippen LogP contribution in [0.4, 0.5) is 0 Å². The van der Waals surface area contributed by atoms with Gasteiger partial charge in [-0.3, -0.25) is 4.79 Å². The van der Waals surface area contributed by atoms with E-state index in [9.17, 15) is 4.79 Å². The number of aromatic nitrogens is 2. The van der Waals surface area contributed by atoms with Crippen LogP contribution in [0.5, 0.6) is 11.5 Å². The number of hydrogen-bond donors (Lipinski definition) is 1. The lowest BCUT2D eigenvalue weighted by molar-refractivity contribution is 0.202. The van der Waals surface area contributed by atoms with E-state index in [4.69, 9.17) is 9.47 Å². The highest BCUT2D eigenvalue weighted by atomic mass is 16.5. The fraction of sp³-hybridized carbons (Fsp3) is 0.231. The minimum Gasteiger partial charge on any atom is -0.455 e. The smallest absolute Gasteiger partial charge is 0.267 e. The molecule has 5 nitrogen and oxygen atoms in total. The molecule has 2 rings (SSSR count). The second kappa shape index (κ2) is 5.97. The maximum atomic E-state index is 11.0. The van der Waals surface area contributed by atoms with Crippen LogP contribution in [0.1, 0.15) is 5.56 Å². The van der Waals surface area contributed by atoms with Crippen LogP contribution >= 0.6 is 0 Å². The standard InChI is InChI=1S/C13H14N2O3/c1-17-7-6-10-2-4-11(5-3-10)18-12-8-13(16)15-14-9-12/h2-5,8-9H,6-7H2,1H3,(H,15,16). The van der Waals surface area contributed by atoms with Crippen LogP contribution in [0.2, 0.25) is 0 Å². The zero-order valence-corrected chi connectivity index (χ0v) is 10.1. The van der Waals surface area contributed by atoms with Crippen LogP contribution in [-0.4, -0.2) is 23.9 Å². The lowest BCUT2D eigenvalue weighted by Crippen LogP contribution is -2.05. The largest absolute Gasteiger partial charge is 0.455 e. The van der Waals surface area contributed by atoms with E-state index < -0.39 is 0 Å². The Morgan fingerprint density at radius 1 is 1.22 bits per heavy atom. The number of nitrogens with zero attached hydrogens (tertiary/aromatic N) is 1. The molecule has 0 saturated carbocycles. The molecule has 94 valence electrons. The molecule has 5 heteroatoms. The Labute approximate surface area is 104 Å². The van der Waals surface area contributed by atoms with Crippen molar-refractivity contribution in [2.24, 2.45) is 0 Å². The van der Waals surface area contributed by atoms with Gasteiger partial charge in [-0.25, -0.2) is 5.10 Å². The summed E-state index contributed by atoms with van der Waals surface area (Å²) in [5, 5.41) is 5.95. The van der Waals surface area contributed by atoms with Gasteiger partial charge in [0.15, 0.2) is 5.75 Å². The molecule has 0 aliphatic rings. The molecule has 0 fully saturated rings. The third-order valence-electron chi connectivity index (χ3n) is 2.39. The molecule has 0 radical (unpaired) electrons. The zero-order chi connectivity index (χ0) is 12.8. The number of rotatable bonds is 5. The number of benzene rings is 1. The van der Waals surface area contributed by atoms with Gasteiger partial charge in [0, 0.05) is 13.2 Å². The predicted molar refractivity (Wildman–Crippen MR) is 67.0 cm³/mol. The minimum atomic E-state index is -0.288. The predicted octanol–water partition coefficient (Wildman–Crippen LogP) is 1.75. The van der Waals surface area contributed by atoms with Crippen LogP contribution in [0, 0.1) is 0 Å². The molecular weight excluding hydrogens is 232 g/mol. The highest BCUT2D eigenvalue weighted by Crippen LogP contribution is 2.19. The molecule has 1 aromatic heterocycles. The Balaban J connectivity index is 2.04. The summed E-state index contributed by atoms with van der Waals surface area (Å²) in [4.78, 5) is 11.0. The SMILES string of the molecule is COCCc1ccc(Oc2cn[nH]c(=O)c2)cc1. The van der Waals surface area contributed by atoms with Crippen LogP contribution < -0.4 is 10.3 Å². The maximum Gasteiger partial charge on any atom is 0.267 e. The number of hydrogen-bond acceptors (Lipinski definition) is 4. The first-order chi connectivity index (χ1) is 8.78. The first-order valence-electron chi connectivity index (χ1n) is 5.58. The third kappa shape index (κ3) is 3.43. The van der Waals surface area contributed by atoms with Gasteiger partial charge in [0.25, 0.3) is 5.56 Å². The lowest BCUT2D eigenvalue weighted by Gasteiger charge is -2.05. The lowest BCUT2D eigenvalue weighted by atomic mass is 10.1. The summed E-state index contributed by atoms with van der Waals surface area (Å²) in [5.41, 5.74) is 0.887. The molecule has 0 aliphatic carbocycles. The van der Waals surface area contributed by atoms with E-state index in [0.717, 1.165) is 6.42 Å². The highest BCUT2D eigenvalue weighted by Gasteiger charge is 1.99. The van der Waals surface area contributed by atoms with Crippen molar-refractivity contribution in [1.82, 2.24) is 10.2 Å². The summed E-state index contributed by atoms with van der Waals surface area (Å²) in [6.45, 7) is 0.693. The molecule has 1 N–H and O–H groups in total. The Bertz CT molecular complexity index is 549. The number of aromatic amines is 1. The summed E-state index contributed by atoms with van der Waals surface area (Å²) in [6, 6.07) is 8.99. The first-order valence-corrected chi connectivity index (χ1v) is 5.58. The quantitative estimate of drug-likeness (QED) is 0.873. The van der Waals surface area contributed by atoms with Crippen LogP contribution in [0.25, 0.3) is 0 Å². The molecule has 0 unspecified atom stereocenters. The van der Waals surface area contributed by atoms with E-state index in [0.29, 0.717) is 18.1 Å². The molecule has 0 spiro atoms. The molecule has 0 atom stereocenters. The summed E-state index contributed by atoms with van der Waals surface area (Å²) in [6.07, 6.45) is 2.32. The second-order valence-corrected chi connectivity index (χ2v) is 3.77. The van der Waals surface area contributed by atoms with Crippen molar-refractivity contribution in [3.63, 3.8) is 0 Å². The van der Waals surface area contributed by atoms with E-state index >= 15 is 0 Å². The zero-order valence-electron chi connectivity index (χ0n) is 10.1. The van der Waals surface area contributed by atoms with E-state index in [-0.39, 0.29) is 5.56 Å². The molecule has 1 aromatic carbocycles. The van der Waals surface area contributed by atoms with Crippen LogP contribution in [0.15, 0.2) is 41.3 Å². The summed E-state index contributed by atoms with van der Waals surface area (Å²) < 4.78 is 10.5. The topological polar surface area (TPSA) is 64.2 Å². The van der Waals surface area contributed by atoms with Gasteiger partial charge in [-0.2, -0.15) is 5.10 Å². The fourth-order valence-electron chi connectivity index (χ4n) is 1.49. The fourth-order valence-corrected chi connectivity index (χ4v) is 1.49. The summed E-state index contributed by atoms with van der Waals surface area (Å²) >= 11 is 0. The number of H-pyrrole nitrogens is 1. The number of methoxy groups -OCH3 is 1. The minimum absolute atomic E-state index is 0.288. The Morgan fingerprint density at radius 3 is 2.67 bits per heavy atom. The molecule has 2 aromatic rings. The van der Waals surface area contributed by atoms with Crippen molar-refractivity contribution in [2.45, 2.75) is 6.42 Å². The molecule has 0 saturated heterocycles. The van der Waals surface area contributed by atoms with Gasteiger partial charge in [0.1, 0.15) is 5.75 Å². The summed E-state index contributed by atoms with van der Waals surface area (Å²) in [7, 11) is 1.68. The first kappa shape index (κ1) is 12.3. The van der Waals surface area contributed by atoms with Crippen LogP contribution in [0.3, 0.4) is 0 Å². The third-order valence-corrected chi connectivity index (χ3v) is 2.39. The molecule has 0 bridgehead atoms. The Hall–Kier alpha value is -2.14. The highest BCUT2D eigenvalue weighted by molar-refractivity contribution is 5.31. The normalized spacial score (nSPS) is 10.3. The van der Waals surface area contributed by atoms with Crippen molar-refractivity contribution in [3.05, 3.63) is 52.4 Å².